The average Bonchev–Trinajstić information content (AvgIpc) is 2.48. The lowest BCUT2D eigenvalue weighted by Crippen LogP contribution is -2.44. The van der Waals surface area contributed by atoms with Crippen molar-refractivity contribution >= 4 is 27.8 Å². The third-order valence-corrected chi connectivity index (χ3v) is 5.17. The van der Waals surface area contributed by atoms with Crippen LogP contribution >= 0.6 is 15.9 Å². The van der Waals surface area contributed by atoms with Gasteiger partial charge in [-0.15, -0.1) is 0 Å². The lowest BCUT2D eigenvalue weighted by molar-refractivity contribution is -0.137. The summed E-state index contributed by atoms with van der Waals surface area (Å²) < 4.78 is 1.00. The number of nitrogens with zero attached hydrogens (tertiary/aromatic N) is 1. The van der Waals surface area contributed by atoms with Crippen LogP contribution in [-0.2, 0) is 4.79 Å². The molecule has 1 aromatic carbocycles. The first-order chi connectivity index (χ1) is 10.4. The Morgan fingerprint density at radius 2 is 2.00 bits per heavy atom. The zero-order valence-corrected chi connectivity index (χ0v) is 14.6. The molecule has 22 heavy (non-hydrogen) atoms. The molecule has 0 spiro atoms. The van der Waals surface area contributed by atoms with Gasteiger partial charge in [-0.25, -0.2) is 0 Å². The first kappa shape index (κ1) is 17.0. The van der Waals surface area contributed by atoms with E-state index in [9.17, 15) is 9.59 Å². The zero-order chi connectivity index (χ0) is 16.3. The number of amides is 1. The molecular formula is C17H22BrNO3. The second kappa shape index (κ2) is 7.27. The summed E-state index contributed by atoms with van der Waals surface area (Å²) in [5.74, 6) is -0.767. The number of piperidine rings is 1. The van der Waals surface area contributed by atoms with Crippen LogP contribution in [0.1, 0.15) is 53.6 Å². The van der Waals surface area contributed by atoms with Crippen molar-refractivity contribution in [3.05, 3.63) is 33.3 Å². The molecule has 2 rings (SSSR count). The number of hydrogen-bond donors (Lipinski definition) is 1. The Morgan fingerprint density at radius 3 is 2.68 bits per heavy atom. The predicted octanol–water partition coefficient (Wildman–Crippen LogP) is 3.93. The Labute approximate surface area is 139 Å². The number of aliphatic carboxylic acids is 1. The molecule has 1 saturated heterocycles. The van der Waals surface area contributed by atoms with E-state index in [4.69, 9.17) is 5.11 Å². The molecule has 4 nitrogen and oxygen atoms in total. The fourth-order valence-electron chi connectivity index (χ4n) is 3.02. The summed E-state index contributed by atoms with van der Waals surface area (Å²) in [4.78, 5) is 25.6. The lowest BCUT2D eigenvalue weighted by atomic mass is 9.95. The molecule has 0 aromatic heterocycles. The SMILES string of the molecule is Cc1cc(C(=O)N2CCCCC2CCC(=O)O)c(C)cc1Br. The fraction of sp³-hybridized carbons (Fsp3) is 0.529. The topological polar surface area (TPSA) is 57.6 Å². The van der Waals surface area contributed by atoms with Crippen LogP contribution in [0, 0.1) is 13.8 Å². The Morgan fingerprint density at radius 1 is 1.27 bits per heavy atom. The van der Waals surface area contributed by atoms with Gasteiger partial charge in [0.1, 0.15) is 0 Å². The summed E-state index contributed by atoms with van der Waals surface area (Å²) in [7, 11) is 0. The monoisotopic (exact) mass is 367 g/mol. The highest BCUT2D eigenvalue weighted by atomic mass is 79.9. The van der Waals surface area contributed by atoms with E-state index >= 15 is 0 Å². The zero-order valence-electron chi connectivity index (χ0n) is 13.1. The third kappa shape index (κ3) is 3.88. The summed E-state index contributed by atoms with van der Waals surface area (Å²) in [6.45, 7) is 4.63. The smallest absolute Gasteiger partial charge is 0.303 e. The molecule has 0 bridgehead atoms. The molecule has 1 N–H and O–H groups in total. The van der Waals surface area contributed by atoms with E-state index in [-0.39, 0.29) is 18.4 Å². The van der Waals surface area contributed by atoms with E-state index in [1.54, 1.807) is 0 Å². The van der Waals surface area contributed by atoms with E-state index in [0.717, 1.165) is 47.0 Å². The van der Waals surface area contributed by atoms with Gasteiger partial charge in [0.25, 0.3) is 5.91 Å². The minimum Gasteiger partial charge on any atom is -0.481 e. The molecule has 5 heteroatoms. The van der Waals surface area contributed by atoms with Gasteiger partial charge in [-0.1, -0.05) is 15.9 Å². The van der Waals surface area contributed by atoms with Crippen molar-refractivity contribution in [1.82, 2.24) is 4.90 Å². The molecule has 1 amide bonds. The Balaban J connectivity index is 2.21. The quantitative estimate of drug-likeness (QED) is 0.876. The first-order valence-corrected chi connectivity index (χ1v) is 8.49. The molecule has 120 valence electrons. The van der Waals surface area contributed by atoms with Gasteiger partial charge in [0.05, 0.1) is 0 Å². The van der Waals surface area contributed by atoms with Crippen molar-refractivity contribution in [2.24, 2.45) is 0 Å². The highest BCUT2D eigenvalue weighted by Crippen LogP contribution is 2.26. The van der Waals surface area contributed by atoms with E-state index < -0.39 is 5.97 Å². The minimum atomic E-state index is -0.798. The van der Waals surface area contributed by atoms with Crippen LogP contribution in [0.3, 0.4) is 0 Å². The van der Waals surface area contributed by atoms with Crippen LogP contribution in [0.5, 0.6) is 0 Å². The van der Waals surface area contributed by atoms with Crippen molar-refractivity contribution in [3.8, 4) is 0 Å². The fourth-order valence-corrected chi connectivity index (χ4v) is 3.48. The Bertz CT molecular complexity index is 586. The maximum absolute atomic E-state index is 12.9. The lowest BCUT2D eigenvalue weighted by Gasteiger charge is -2.36. The van der Waals surface area contributed by atoms with Crippen LogP contribution in [-0.4, -0.2) is 34.5 Å². The molecule has 0 aliphatic carbocycles. The number of carbonyl (C=O) groups is 2. The highest BCUT2D eigenvalue weighted by molar-refractivity contribution is 9.10. The first-order valence-electron chi connectivity index (χ1n) is 7.69. The summed E-state index contributed by atoms with van der Waals surface area (Å²) in [5.41, 5.74) is 2.71. The molecule has 0 radical (unpaired) electrons. The van der Waals surface area contributed by atoms with Crippen LogP contribution in [0.2, 0.25) is 0 Å². The second-order valence-electron chi connectivity index (χ2n) is 6.00. The molecule has 1 aliphatic rings. The van der Waals surface area contributed by atoms with Gasteiger partial charge < -0.3 is 10.0 Å². The van der Waals surface area contributed by atoms with Crippen LogP contribution < -0.4 is 0 Å². The van der Waals surface area contributed by atoms with Gasteiger partial charge in [-0.05, 0) is 62.8 Å². The van der Waals surface area contributed by atoms with E-state index in [0.29, 0.717) is 6.42 Å². The second-order valence-corrected chi connectivity index (χ2v) is 6.85. The number of rotatable bonds is 4. The van der Waals surface area contributed by atoms with Crippen LogP contribution in [0.25, 0.3) is 0 Å². The van der Waals surface area contributed by atoms with Gasteiger partial charge >= 0.3 is 5.97 Å². The Kier molecular flexibility index (Phi) is 5.62. The predicted molar refractivity (Wildman–Crippen MR) is 89.2 cm³/mol. The summed E-state index contributed by atoms with van der Waals surface area (Å²) in [5, 5.41) is 8.89. The molecule has 1 heterocycles. The Hall–Kier alpha value is -1.36. The highest BCUT2D eigenvalue weighted by Gasteiger charge is 2.28. The van der Waals surface area contributed by atoms with Gasteiger partial charge in [-0.3, -0.25) is 9.59 Å². The van der Waals surface area contributed by atoms with Gasteiger partial charge in [0.15, 0.2) is 0 Å². The molecule has 1 atom stereocenters. The average molecular weight is 368 g/mol. The van der Waals surface area contributed by atoms with E-state index in [2.05, 4.69) is 15.9 Å². The molecule has 1 aromatic rings. The molecule has 1 aliphatic heterocycles. The largest absolute Gasteiger partial charge is 0.481 e. The maximum Gasteiger partial charge on any atom is 0.303 e. The van der Waals surface area contributed by atoms with Crippen LogP contribution in [0.15, 0.2) is 16.6 Å². The van der Waals surface area contributed by atoms with Crippen molar-refractivity contribution in [2.75, 3.05) is 6.54 Å². The molecular weight excluding hydrogens is 346 g/mol. The summed E-state index contributed by atoms with van der Waals surface area (Å²) in [6.07, 6.45) is 3.60. The molecule has 1 fully saturated rings. The third-order valence-electron chi connectivity index (χ3n) is 4.32. The number of hydrogen-bond acceptors (Lipinski definition) is 2. The number of carbonyl (C=O) groups excluding carboxylic acids is 1. The molecule has 0 saturated carbocycles. The molecule has 1 unspecified atom stereocenters. The van der Waals surface area contributed by atoms with Crippen molar-refractivity contribution in [3.63, 3.8) is 0 Å². The van der Waals surface area contributed by atoms with Crippen molar-refractivity contribution in [2.45, 2.75) is 52.0 Å². The van der Waals surface area contributed by atoms with Crippen LogP contribution in [0.4, 0.5) is 0 Å². The number of aryl methyl sites for hydroxylation is 2. The van der Waals surface area contributed by atoms with Crippen molar-refractivity contribution in [1.29, 1.82) is 0 Å². The number of halogens is 1. The number of likely N-dealkylation sites (tertiary alicyclic amines) is 1. The minimum absolute atomic E-state index is 0.0307. The number of benzene rings is 1. The van der Waals surface area contributed by atoms with E-state index in [1.807, 2.05) is 30.9 Å². The van der Waals surface area contributed by atoms with E-state index in [1.165, 1.54) is 0 Å². The standard InChI is InChI=1S/C17H22BrNO3/c1-11-10-15(18)12(2)9-14(11)17(22)19-8-4-3-5-13(19)6-7-16(20)21/h9-10,13H,3-8H2,1-2H3,(H,20,21). The van der Waals surface area contributed by atoms with Gasteiger partial charge in [0.2, 0.25) is 0 Å². The number of carboxylic acids is 1. The van der Waals surface area contributed by atoms with Crippen molar-refractivity contribution < 1.29 is 14.7 Å². The van der Waals surface area contributed by atoms with Gasteiger partial charge in [0, 0.05) is 29.0 Å². The number of carboxylic acid groups (broad SMARTS) is 1. The normalized spacial score (nSPS) is 18.3. The maximum atomic E-state index is 12.9. The summed E-state index contributed by atoms with van der Waals surface area (Å²) in [6, 6.07) is 3.93. The summed E-state index contributed by atoms with van der Waals surface area (Å²) >= 11 is 3.49. The van der Waals surface area contributed by atoms with Gasteiger partial charge in [-0.2, -0.15) is 0 Å².